The number of pyridine rings is 1. The van der Waals surface area contributed by atoms with Crippen LogP contribution in [-0.2, 0) is 6.54 Å². The number of aromatic amines is 1. The maximum atomic E-state index is 12.9. The highest BCUT2D eigenvalue weighted by Gasteiger charge is 2.31. The minimum absolute atomic E-state index is 0.00741. The zero-order valence-electron chi connectivity index (χ0n) is 17.1. The molecule has 158 valence electrons. The van der Waals surface area contributed by atoms with E-state index in [1.54, 1.807) is 0 Å². The highest BCUT2D eigenvalue weighted by atomic mass is 16.5. The van der Waals surface area contributed by atoms with Crippen LogP contribution in [0.15, 0.2) is 26.4 Å². The molecule has 1 amide bonds. The van der Waals surface area contributed by atoms with Crippen LogP contribution in [0, 0.1) is 5.92 Å². The number of rotatable bonds is 7. The Balaban J connectivity index is 1.64. The molecule has 1 aliphatic carbocycles. The quantitative estimate of drug-likeness (QED) is 0.605. The molecule has 3 heterocycles. The van der Waals surface area contributed by atoms with Crippen LogP contribution in [-0.4, -0.2) is 30.6 Å². The second-order valence-electron chi connectivity index (χ2n) is 7.97. The Morgan fingerprint density at radius 3 is 2.80 bits per heavy atom. The Kier molecular flexibility index (Phi) is 5.23. The van der Waals surface area contributed by atoms with Crippen LogP contribution in [0.3, 0.4) is 0 Å². The summed E-state index contributed by atoms with van der Waals surface area (Å²) in [5.41, 5.74) is -0.617. The number of carbonyl (C=O) groups excluding carboxylic acids is 1. The van der Waals surface area contributed by atoms with Crippen molar-refractivity contribution in [3.05, 3.63) is 50.4 Å². The maximum Gasteiger partial charge on any atom is 0.329 e. The number of carbonyl (C=O) groups is 1. The minimum atomic E-state index is -0.573. The van der Waals surface area contributed by atoms with Crippen LogP contribution >= 0.6 is 0 Å². The first-order valence-corrected chi connectivity index (χ1v) is 10.2. The summed E-state index contributed by atoms with van der Waals surface area (Å²) in [5.74, 6) is 0.986. The van der Waals surface area contributed by atoms with Gasteiger partial charge in [0.05, 0.1) is 10.9 Å². The van der Waals surface area contributed by atoms with Crippen LogP contribution in [0.5, 0.6) is 0 Å². The molecular formula is C20H24N6O4. The molecule has 10 heteroatoms. The molecule has 0 aromatic carbocycles. The molecule has 1 saturated carbocycles. The Hall–Kier alpha value is -3.30. The van der Waals surface area contributed by atoms with Gasteiger partial charge in [-0.3, -0.25) is 19.1 Å². The van der Waals surface area contributed by atoms with E-state index in [2.05, 4.69) is 25.4 Å². The van der Waals surface area contributed by atoms with Gasteiger partial charge in [-0.1, -0.05) is 25.9 Å². The second kappa shape index (κ2) is 7.85. The van der Waals surface area contributed by atoms with Crippen molar-refractivity contribution in [2.24, 2.45) is 5.92 Å². The van der Waals surface area contributed by atoms with E-state index in [1.807, 2.05) is 20.8 Å². The van der Waals surface area contributed by atoms with Gasteiger partial charge in [-0.15, -0.1) is 0 Å². The summed E-state index contributed by atoms with van der Waals surface area (Å²) >= 11 is 0. The first kappa shape index (κ1) is 20.0. The van der Waals surface area contributed by atoms with Crippen molar-refractivity contribution in [2.75, 3.05) is 0 Å². The lowest BCUT2D eigenvalue weighted by Crippen LogP contribution is -2.33. The van der Waals surface area contributed by atoms with E-state index in [9.17, 15) is 14.4 Å². The van der Waals surface area contributed by atoms with Crippen LogP contribution < -0.4 is 16.6 Å². The molecule has 3 aromatic rings. The molecule has 0 spiro atoms. The molecule has 0 radical (unpaired) electrons. The number of H-pyrrole nitrogens is 1. The first-order valence-electron chi connectivity index (χ1n) is 10.2. The molecule has 1 atom stereocenters. The van der Waals surface area contributed by atoms with Crippen LogP contribution in [0.4, 0.5) is 0 Å². The largest absolute Gasteiger partial charge is 0.340 e. The predicted octanol–water partition coefficient (Wildman–Crippen LogP) is 1.88. The van der Waals surface area contributed by atoms with E-state index < -0.39 is 23.2 Å². The topological polar surface area (TPSA) is 136 Å². The van der Waals surface area contributed by atoms with Gasteiger partial charge in [0, 0.05) is 18.7 Å². The summed E-state index contributed by atoms with van der Waals surface area (Å²) in [6, 6.07) is 0.976. The molecule has 0 bridgehead atoms. The van der Waals surface area contributed by atoms with Crippen LogP contribution in [0.2, 0.25) is 0 Å². The summed E-state index contributed by atoms with van der Waals surface area (Å²) in [7, 11) is 0. The van der Waals surface area contributed by atoms with Gasteiger partial charge >= 0.3 is 5.69 Å². The maximum absolute atomic E-state index is 12.9. The number of nitrogens with zero attached hydrogens (tertiary/aromatic N) is 4. The number of amides is 1. The molecule has 1 fully saturated rings. The molecule has 1 unspecified atom stereocenters. The fourth-order valence-electron chi connectivity index (χ4n) is 3.34. The fourth-order valence-corrected chi connectivity index (χ4v) is 3.34. The van der Waals surface area contributed by atoms with E-state index in [0.29, 0.717) is 30.6 Å². The normalized spacial score (nSPS) is 14.9. The fraction of sp³-hybridized carbons (Fsp3) is 0.500. The van der Waals surface area contributed by atoms with Gasteiger partial charge in [0.1, 0.15) is 11.7 Å². The second-order valence-corrected chi connectivity index (χ2v) is 7.97. The third kappa shape index (κ3) is 3.77. The average molecular weight is 412 g/mol. The van der Waals surface area contributed by atoms with E-state index >= 15 is 0 Å². The highest BCUT2D eigenvalue weighted by molar-refractivity contribution is 5.96. The van der Waals surface area contributed by atoms with Crippen molar-refractivity contribution >= 4 is 16.9 Å². The molecule has 0 aliphatic heterocycles. The van der Waals surface area contributed by atoms with Crippen molar-refractivity contribution in [2.45, 2.75) is 58.5 Å². The lowest BCUT2D eigenvalue weighted by atomic mass is 10.0. The summed E-state index contributed by atoms with van der Waals surface area (Å²) in [6.07, 6.45) is 4.17. The Bertz CT molecular complexity index is 1200. The van der Waals surface area contributed by atoms with Crippen molar-refractivity contribution in [3.63, 3.8) is 0 Å². The molecule has 2 N–H and O–H groups in total. The predicted molar refractivity (Wildman–Crippen MR) is 108 cm³/mol. The number of nitrogens with one attached hydrogen (secondary N) is 2. The van der Waals surface area contributed by atoms with Crippen molar-refractivity contribution in [1.29, 1.82) is 0 Å². The molecule has 3 aromatic heterocycles. The van der Waals surface area contributed by atoms with Crippen LogP contribution in [0.25, 0.3) is 11.0 Å². The zero-order chi connectivity index (χ0) is 21.4. The number of hydrogen-bond acceptors (Lipinski definition) is 7. The van der Waals surface area contributed by atoms with Gasteiger partial charge in [-0.05, 0) is 31.2 Å². The number of aromatic nitrogens is 5. The van der Waals surface area contributed by atoms with Gasteiger partial charge in [0.15, 0.2) is 5.82 Å². The molecule has 30 heavy (non-hydrogen) atoms. The highest BCUT2D eigenvalue weighted by Crippen LogP contribution is 2.38. The standard InChI is InChI=1S/C20H24N6O4/c1-4-7-26-16-13(18(28)24-20(26)29)8-12(9-21-16)17(27)22-14(10(2)3)19-23-15(25-30-19)11-5-6-11/h8-11,14H,4-7H2,1-3H3,(H,22,27)(H,24,28,29). The van der Waals surface area contributed by atoms with Gasteiger partial charge in [-0.25, -0.2) is 9.78 Å². The van der Waals surface area contributed by atoms with Crippen molar-refractivity contribution in [1.82, 2.24) is 30.0 Å². The Morgan fingerprint density at radius 1 is 1.37 bits per heavy atom. The summed E-state index contributed by atoms with van der Waals surface area (Å²) in [6.45, 7) is 6.22. The van der Waals surface area contributed by atoms with E-state index in [0.717, 1.165) is 12.8 Å². The van der Waals surface area contributed by atoms with E-state index in [1.165, 1.54) is 16.8 Å². The minimum Gasteiger partial charge on any atom is -0.340 e. The molecule has 0 saturated heterocycles. The lowest BCUT2D eigenvalue weighted by Gasteiger charge is -2.18. The SMILES string of the molecule is CCCn1c(=O)[nH]c(=O)c2cc(C(=O)NC(c3nc(C4CC4)no3)C(C)C)cnc21. The molecular weight excluding hydrogens is 388 g/mol. The number of fused-ring (bicyclic) bond motifs is 1. The van der Waals surface area contributed by atoms with E-state index in [4.69, 9.17) is 4.52 Å². The van der Waals surface area contributed by atoms with Gasteiger partial charge in [0.2, 0.25) is 5.89 Å². The number of aryl methyl sites for hydroxylation is 1. The molecule has 10 nitrogen and oxygen atoms in total. The van der Waals surface area contributed by atoms with Crippen molar-refractivity contribution in [3.8, 4) is 0 Å². The first-order chi connectivity index (χ1) is 14.4. The lowest BCUT2D eigenvalue weighted by molar-refractivity contribution is 0.0913. The molecule has 4 rings (SSSR count). The monoisotopic (exact) mass is 412 g/mol. The van der Waals surface area contributed by atoms with Crippen LogP contribution in [0.1, 0.15) is 74.1 Å². The van der Waals surface area contributed by atoms with Gasteiger partial charge < -0.3 is 9.84 Å². The summed E-state index contributed by atoms with van der Waals surface area (Å²) in [4.78, 5) is 48.2. The zero-order valence-corrected chi connectivity index (χ0v) is 17.1. The summed E-state index contributed by atoms with van der Waals surface area (Å²) in [5, 5.41) is 7.11. The van der Waals surface area contributed by atoms with Gasteiger partial charge in [-0.2, -0.15) is 4.98 Å². The Labute approximate surface area is 171 Å². The average Bonchev–Trinajstić information content (AvgIpc) is 3.46. The third-order valence-electron chi connectivity index (χ3n) is 5.16. The Morgan fingerprint density at radius 2 is 2.13 bits per heavy atom. The third-order valence-corrected chi connectivity index (χ3v) is 5.16. The van der Waals surface area contributed by atoms with E-state index in [-0.39, 0.29) is 22.5 Å². The van der Waals surface area contributed by atoms with Crippen molar-refractivity contribution < 1.29 is 9.32 Å². The summed E-state index contributed by atoms with van der Waals surface area (Å²) < 4.78 is 6.78. The molecule has 1 aliphatic rings. The smallest absolute Gasteiger partial charge is 0.329 e. The van der Waals surface area contributed by atoms with Gasteiger partial charge in [0.25, 0.3) is 11.5 Å². The number of hydrogen-bond donors (Lipinski definition) is 2.